The van der Waals surface area contributed by atoms with Crippen LogP contribution in [0.5, 0.6) is 0 Å². The van der Waals surface area contributed by atoms with Gasteiger partial charge in [0.25, 0.3) is 0 Å². The van der Waals surface area contributed by atoms with Crippen LogP contribution in [0.1, 0.15) is 38.3 Å². The molecule has 0 fully saturated rings. The number of hydrogen-bond acceptors (Lipinski definition) is 2. The number of nitrogens with zero attached hydrogens (tertiary/aromatic N) is 1. The molecule has 0 aliphatic carbocycles. The van der Waals surface area contributed by atoms with Gasteiger partial charge >= 0.3 is 0 Å². The van der Waals surface area contributed by atoms with Crippen molar-refractivity contribution in [3.8, 4) is 0 Å². The molecule has 1 N–H and O–H groups in total. The molecular weight excluding hydrogens is 407 g/mol. The zero-order chi connectivity index (χ0) is 21.4. The highest BCUT2D eigenvalue weighted by molar-refractivity contribution is 6.31. The number of rotatable bonds is 9. The predicted octanol–water partition coefficient (Wildman–Crippen LogP) is 5.12. The van der Waals surface area contributed by atoms with E-state index in [0.29, 0.717) is 28.9 Å². The molecular formula is C23H28Cl2N2O2. The number of halogens is 2. The number of hydrogen-bond donors (Lipinski definition) is 1. The number of benzene rings is 2. The third-order valence-electron chi connectivity index (χ3n) is 4.64. The molecule has 0 aromatic heterocycles. The Balaban J connectivity index is 2.27. The quantitative estimate of drug-likeness (QED) is 0.595. The largest absolute Gasteiger partial charge is 0.354 e. The normalized spacial score (nSPS) is 11.9. The van der Waals surface area contributed by atoms with Gasteiger partial charge in [-0.2, -0.15) is 0 Å². The van der Waals surface area contributed by atoms with Gasteiger partial charge in [-0.05, 0) is 41.7 Å². The van der Waals surface area contributed by atoms with Crippen LogP contribution < -0.4 is 5.32 Å². The first-order valence-corrected chi connectivity index (χ1v) is 10.6. The van der Waals surface area contributed by atoms with Crippen molar-refractivity contribution in [2.45, 2.75) is 46.2 Å². The fourth-order valence-electron chi connectivity index (χ4n) is 3.03. The summed E-state index contributed by atoms with van der Waals surface area (Å²) in [6, 6.07) is 14.0. The first-order chi connectivity index (χ1) is 13.8. The third kappa shape index (κ3) is 7.06. The average molecular weight is 435 g/mol. The van der Waals surface area contributed by atoms with Gasteiger partial charge in [0.05, 0.1) is 6.42 Å². The minimum Gasteiger partial charge on any atom is -0.354 e. The molecule has 29 heavy (non-hydrogen) atoms. The Morgan fingerprint density at radius 2 is 1.69 bits per heavy atom. The fraction of sp³-hybridized carbons (Fsp3) is 0.391. The van der Waals surface area contributed by atoms with Crippen molar-refractivity contribution in [2.75, 3.05) is 6.54 Å². The summed E-state index contributed by atoms with van der Waals surface area (Å²) < 4.78 is 0. The second-order valence-corrected chi connectivity index (χ2v) is 8.32. The molecule has 156 valence electrons. The molecule has 4 nitrogen and oxygen atoms in total. The van der Waals surface area contributed by atoms with E-state index in [9.17, 15) is 9.59 Å². The van der Waals surface area contributed by atoms with Crippen LogP contribution in [-0.2, 0) is 22.6 Å². The van der Waals surface area contributed by atoms with E-state index in [1.165, 1.54) is 0 Å². The molecule has 0 saturated heterocycles. The molecule has 2 aromatic rings. The van der Waals surface area contributed by atoms with E-state index < -0.39 is 6.04 Å². The highest BCUT2D eigenvalue weighted by Gasteiger charge is 2.29. The third-order valence-corrected chi connectivity index (χ3v) is 5.26. The lowest BCUT2D eigenvalue weighted by atomic mass is 10.1. The van der Waals surface area contributed by atoms with Gasteiger partial charge in [-0.25, -0.2) is 0 Å². The maximum absolute atomic E-state index is 13.2. The van der Waals surface area contributed by atoms with Crippen molar-refractivity contribution in [1.29, 1.82) is 0 Å². The van der Waals surface area contributed by atoms with Gasteiger partial charge in [-0.15, -0.1) is 0 Å². The summed E-state index contributed by atoms with van der Waals surface area (Å²) in [5.74, 6) is 0.0646. The monoisotopic (exact) mass is 434 g/mol. The van der Waals surface area contributed by atoms with Crippen LogP contribution in [0.25, 0.3) is 0 Å². The lowest BCUT2D eigenvalue weighted by Gasteiger charge is -2.31. The van der Waals surface area contributed by atoms with Gasteiger partial charge in [-0.1, -0.05) is 74.3 Å². The fourth-order valence-corrected chi connectivity index (χ4v) is 3.35. The van der Waals surface area contributed by atoms with E-state index in [0.717, 1.165) is 11.1 Å². The number of amides is 2. The molecule has 6 heteroatoms. The molecule has 2 amide bonds. The van der Waals surface area contributed by atoms with Crippen LogP contribution >= 0.6 is 23.2 Å². The van der Waals surface area contributed by atoms with Crippen LogP contribution in [-0.4, -0.2) is 29.3 Å². The number of carbonyl (C=O) groups excluding carboxylic acids is 2. The van der Waals surface area contributed by atoms with Gasteiger partial charge in [0.1, 0.15) is 6.04 Å². The Labute approximate surface area is 183 Å². The second kappa shape index (κ2) is 11.2. The highest BCUT2D eigenvalue weighted by atomic mass is 35.5. The summed E-state index contributed by atoms with van der Waals surface area (Å²) in [5, 5.41) is 4.15. The molecule has 0 aliphatic heterocycles. The Hall–Kier alpha value is -2.04. The van der Waals surface area contributed by atoms with Crippen LogP contribution in [0.15, 0.2) is 48.5 Å². The molecule has 2 rings (SSSR count). The Morgan fingerprint density at radius 1 is 1.03 bits per heavy atom. The molecule has 0 bridgehead atoms. The zero-order valence-corrected chi connectivity index (χ0v) is 18.6. The SMILES string of the molecule is CC[C@H](C(=O)NCC(C)C)N(Cc1ccccc1Cl)C(=O)Cc1ccc(Cl)cc1. The summed E-state index contributed by atoms with van der Waals surface area (Å²) >= 11 is 12.3. The first-order valence-electron chi connectivity index (χ1n) is 9.86. The molecule has 0 aliphatic rings. The second-order valence-electron chi connectivity index (χ2n) is 7.48. The summed E-state index contributed by atoms with van der Waals surface area (Å²) in [6.45, 7) is 6.83. The minimum absolute atomic E-state index is 0.126. The van der Waals surface area contributed by atoms with Gasteiger partial charge in [0.15, 0.2) is 0 Å². The lowest BCUT2D eigenvalue weighted by molar-refractivity contribution is -0.141. The van der Waals surface area contributed by atoms with Gasteiger partial charge in [0, 0.05) is 23.1 Å². The van der Waals surface area contributed by atoms with E-state index in [1.807, 2.05) is 51.1 Å². The smallest absolute Gasteiger partial charge is 0.242 e. The van der Waals surface area contributed by atoms with Crippen molar-refractivity contribution in [2.24, 2.45) is 5.92 Å². The van der Waals surface area contributed by atoms with Crippen molar-refractivity contribution in [3.05, 3.63) is 69.7 Å². The Morgan fingerprint density at radius 3 is 2.28 bits per heavy atom. The summed E-state index contributed by atoms with van der Waals surface area (Å²) in [4.78, 5) is 27.7. The number of nitrogens with one attached hydrogen (secondary N) is 1. The van der Waals surface area contributed by atoms with Crippen molar-refractivity contribution < 1.29 is 9.59 Å². The average Bonchev–Trinajstić information content (AvgIpc) is 2.69. The Kier molecular flexibility index (Phi) is 8.99. The summed E-state index contributed by atoms with van der Waals surface area (Å²) in [7, 11) is 0. The summed E-state index contributed by atoms with van der Waals surface area (Å²) in [5.41, 5.74) is 1.66. The first kappa shape index (κ1) is 23.2. The zero-order valence-electron chi connectivity index (χ0n) is 17.1. The standard InChI is InChI=1S/C23H28Cl2N2O2/c1-4-21(23(29)26-14-16(2)3)27(15-18-7-5-6-8-20(18)25)22(28)13-17-9-11-19(24)12-10-17/h5-12,16,21H,4,13-15H2,1-3H3,(H,26,29)/t21-/m1/s1. The predicted molar refractivity (Wildman–Crippen MR) is 119 cm³/mol. The van der Waals surface area contributed by atoms with E-state index in [1.54, 1.807) is 23.1 Å². The molecule has 2 aromatic carbocycles. The maximum atomic E-state index is 13.2. The molecule has 0 unspecified atom stereocenters. The van der Waals surface area contributed by atoms with Gasteiger partial charge < -0.3 is 10.2 Å². The van der Waals surface area contributed by atoms with E-state index in [-0.39, 0.29) is 24.8 Å². The molecule has 0 radical (unpaired) electrons. The van der Waals surface area contributed by atoms with Crippen LogP contribution in [0.2, 0.25) is 10.0 Å². The lowest BCUT2D eigenvalue weighted by Crippen LogP contribution is -2.50. The maximum Gasteiger partial charge on any atom is 0.242 e. The molecule has 0 saturated carbocycles. The van der Waals surface area contributed by atoms with Gasteiger partial charge in [-0.3, -0.25) is 9.59 Å². The molecule has 1 atom stereocenters. The topological polar surface area (TPSA) is 49.4 Å². The Bertz CT molecular complexity index is 822. The van der Waals surface area contributed by atoms with E-state index >= 15 is 0 Å². The summed E-state index contributed by atoms with van der Waals surface area (Å²) in [6.07, 6.45) is 0.705. The van der Waals surface area contributed by atoms with Crippen LogP contribution in [0, 0.1) is 5.92 Å². The van der Waals surface area contributed by atoms with E-state index in [4.69, 9.17) is 23.2 Å². The van der Waals surface area contributed by atoms with Crippen molar-refractivity contribution in [1.82, 2.24) is 10.2 Å². The molecule has 0 heterocycles. The van der Waals surface area contributed by atoms with Gasteiger partial charge in [0.2, 0.25) is 11.8 Å². The highest BCUT2D eigenvalue weighted by Crippen LogP contribution is 2.21. The minimum atomic E-state index is -0.565. The van der Waals surface area contributed by atoms with Crippen molar-refractivity contribution in [3.63, 3.8) is 0 Å². The van der Waals surface area contributed by atoms with Crippen LogP contribution in [0.4, 0.5) is 0 Å². The van der Waals surface area contributed by atoms with E-state index in [2.05, 4.69) is 5.32 Å². The van der Waals surface area contributed by atoms with Crippen LogP contribution in [0.3, 0.4) is 0 Å². The van der Waals surface area contributed by atoms with Crippen molar-refractivity contribution >= 4 is 35.0 Å². The molecule has 0 spiro atoms. The number of carbonyl (C=O) groups is 2.